The number of ether oxygens (including phenoxy) is 1. The van der Waals surface area contributed by atoms with Crippen LogP contribution < -0.4 is 15.4 Å². The molecule has 2 heterocycles. The summed E-state index contributed by atoms with van der Waals surface area (Å²) in [5.41, 5.74) is 0.906. The lowest BCUT2D eigenvalue weighted by Crippen LogP contribution is -2.42. The number of amides is 1. The number of methoxy groups -OCH3 is 1. The topological polar surface area (TPSA) is 63.2 Å². The average Bonchev–Trinajstić information content (AvgIpc) is 2.97. The Morgan fingerprint density at radius 1 is 1.48 bits per heavy atom. The Balaban J connectivity index is 1.55. The summed E-state index contributed by atoms with van der Waals surface area (Å²) in [6.07, 6.45) is 7.73. The molecule has 21 heavy (non-hydrogen) atoms. The SMILES string of the molecule is COc1ncccc1CNC(=O)C1CC2CCCCC2N1. The highest BCUT2D eigenvalue weighted by Gasteiger charge is 2.38. The van der Waals surface area contributed by atoms with Crippen molar-refractivity contribution in [2.45, 2.75) is 50.7 Å². The van der Waals surface area contributed by atoms with Gasteiger partial charge in [0.05, 0.1) is 13.2 Å². The van der Waals surface area contributed by atoms with E-state index in [4.69, 9.17) is 4.74 Å². The van der Waals surface area contributed by atoms with Crippen LogP contribution >= 0.6 is 0 Å². The molecule has 1 saturated heterocycles. The molecule has 1 saturated carbocycles. The summed E-state index contributed by atoms with van der Waals surface area (Å²) >= 11 is 0. The molecule has 0 spiro atoms. The number of rotatable bonds is 4. The minimum absolute atomic E-state index is 0.0410. The minimum Gasteiger partial charge on any atom is -0.481 e. The normalized spacial score (nSPS) is 28.0. The van der Waals surface area contributed by atoms with Gasteiger partial charge in [0, 0.05) is 24.3 Å². The molecule has 1 aliphatic carbocycles. The zero-order chi connectivity index (χ0) is 14.7. The number of nitrogens with zero attached hydrogens (tertiary/aromatic N) is 1. The first-order valence-corrected chi connectivity index (χ1v) is 7.79. The van der Waals surface area contributed by atoms with Gasteiger partial charge in [-0.1, -0.05) is 18.9 Å². The summed E-state index contributed by atoms with van der Waals surface area (Å²) in [5, 5.41) is 6.50. The van der Waals surface area contributed by atoms with Crippen LogP contribution in [0.4, 0.5) is 0 Å². The lowest BCUT2D eigenvalue weighted by atomic mass is 9.85. The molecule has 2 fully saturated rings. The summed E-state index contributed by atoms with van der Waals surface area (Å²) in [6, 6.07) is 4.28. The molecule has 3 atom stereocenters. The molecule has 1 amide bonds. The highest BCUT2D eigenvalue weighted by Crippen LogP contribution is 2.33. The maximum absolute atomic E-state index is 12.3. The van der Waals surface area contributed by atoms with Gasteiger partial charge in [-0.05, 0) is 31.2 Å². The molecular weight excluding hydrogens is 266 g/mol. The quantitative estimate of drug-likeness (QED) is 0.884. The van der Waals surface area contributed by atoms with E-state index in [2.05, 4.69) is 15.6 Å². The van der Waals surface area contributed by atoms with Gasteiger partial charge in [-0.25, -0.2) is 4.98 Å². The lowest BCUT2D eigenvalue weighted by molar-refractivity contribution is -0.123. The summed E-state index contributed by atoms with van der Waals surface area (Å²) in [4.78, 5) is 16.5. The van der Waals surface area contributed by atoms with Gasteiger partial charge in [-0.15, -0.1) is 0 Å². The number of carbonyl (C=O) groups is 1. The van der Waals surface area contributed by atoms with Crippen molar-refractivity contribution in [2.75, 3.05) is 7.11 Å². The van der Waals surface area contributed by atoms with Crippen molar-refractivity contribution in [3.63, 3.8) is 0 Å². The van der Waals surface area contributed by atoms with E-state index in [0.717, 1.165) is 12.0 Å². The van der Waals surface area contributed by atoms with Crippen LogP contribution in [0.3, 0.4) is 0 Å². The molecule has 2 aliphatic rings. The molecule has 1 aromatic heterocycles. The highest BCUT2D eigenvalue weighted by molar-refractivity contribution is 5.82. The van der Waals surface area contributed by atoms with E-state index in [1.807, 2.05) is 12.1 Å². The third-order valence-electron chi connectivity index (χ3n) is 4.68. The standard InChI is InChI=1S/C16H23N3O2/c1-21-16-12(6-4-8-17-16)10-18-15(20)14-9-11-5-2-3-7-13(11)19-14/h4,6,8,11,13-14,19H,2-3,5,7,9-10H2,1H3,(H,18,20). The smallest absolute Gasteiger partial charge is 0.237 e. The molecule has 1 aromatic rings. The van der Waals surface area contributed by atoms with Crippen LogP contribution in [0.1, 0.15) is 37.7 Å². The number of fused-ring (bicyclic) bond motifs is 1. The number of hydrogen-bond donors (Lipinski definition) is 2. The van der Waals surface area contributed by atoms with Crippen LogP contribution in [0.15, 0.2) is 18.3 Å². The van der Waals surface area contributed by atoms with Gasteiger partial charge >= 0.3 is 0 Å². The van der Waals surface area contributed by atoms with E-state index in [1.54, 1.807) is 13.3 Å². The molecule has 5 nitrogen and oxygen atoms in total. The second-order valence-electron chi connectivity index (χ2n) is 6.00. The zero-order valence-corrected chi connectivity index (χ0v) is 12.5. The van der Waals surface area contributed by atoms with Gasteiger partial charge in [0.2, 0.25) is 11.8 Å². The fourth-order valence-corrected chi connectivity index (χ4v) is 3.57. The molecule has 114 valence electrons. The van der Waals surface area contributed by atoms with E-state index < -0.39 is 0 Å². The van der Waals surface area contributed by atoms with Crippen molar-refractivity contribution < 1.29 is 9.53 Å². The first kappa shape index (κ1) is 14.3. The Kier molecular flexibility index (Phi) is 4.39. The maximum Gasteiger partial charge on any atom is 0.237 e. The van der Waals surface area contributed by atoms with Crippen LogP contribution in [-0.4, -0.2) is 30.1 Å². The highest BCUT2D eigenvalue weighted by atomic mass is 16.5. The van der Waals surface area contributed by atoms with Gasteiger partial charge < -0.3 is 15.4 Å². The van der Waals surface area contributed by atoms with E-state index in [-0.39, 0.29) is 11.9 Å². The van der Waals surface area contributed by atoms with E-state index in [0.29, 0.717) is 24.4 Å². The van der Waals surface area contributed by atoms with Gasteiger partial charge in [0.25, 0.3) is 0 Å². The summed E-state index contributed by atoms with van der Waals surface area (Å²) in [6.45, 7) is 0.462. The fourth-order valence-electron chi connectivity index (χ4n) is 3.57. The minimum atomic E-state index is -0.0410. The largest absolute Gasteiger partial charge is 0.481 e. The molecule has 0 bridgehead atoms. The summed E-state index contributed by atoms with van der Waals surface area (Å²) in [5.74, 6) is 1.35. The van der Waals surface area contributed by atoms with Crippen LogP contribution in [0.25, 0.3) is 0 Å². The van der Waals surface area contributed by atoms with Crippen molar-refractivity contribution in [2.24, 2.45) is 5.92 Å². The van der Waals surface area contributed by atoms with Crippen LogP contribution in [0, 0.1) is 5.92 Å². The van der Waals surface area contributed by atoms with Crippen molar-refractivity contribution in [3.8, 4) is 5.88 Å². The predicted molar refractivity (Wildman–Crippen MR) is 79.9 cm³/mol. The van der Waals surface area contributed by atoms with E-state index >= 15 is 0 Å². The molecule has 2 N–H and O–H groups in total. The number of carbonyl (C=O) groups excluding carboxylic acids is 1. The van der Waals surface area contributed by atoms with Crippen LogP contribution in [0.5, 0.6) is 5.88 Å². The van der Waals surface area contributed by atoms with Crippen molar-refractivity contribution in [1.29, 1.82) is 0 Å². The van der Waals surface area contributed by atoms with Gasteiger partial charge in [-0.2, -0.15) is 0 Å². The van der Waals surface area contributed by atoms with Crippen LogP contribution in [-0.2, 0) is 11.3 Å². The number of pyridine rings is 1. The lowest BCUT2D eigenvalue weighted by Gasteiger charge is -2.24. The van der Waals surface area contributed by atoms with Crippen LogP contribution in [0.2, 0.25) is 0 Å². The average molecular weight is 289 g/mol. The summed E-state index contributed by atoms with van der Waals surface area (Å²) < 4.78 is 5.20. The van der Waals surface area contributed by atoms with Crippen molar-refractivity contribution in [1.82, 2.24) is 15.6 Å². The van der Waals surface area contributed by atoms with Crippen molar-refractivity contribution in [3.05, 3.63) is 23.9 Å². The zero-order valence-electron chi connectivity index (χ0n) is 12.5. The van der Waals surface area contributed by atoms with Crippen molar-refractivity contribution >= 4 is 5.91 Å². The Labute approximate surface area is 125 Å². The molecule has 1 aliphatic heterocycles. The molecule has 3 rings (SSSR count). The summed E-state index contributed by atoms with van der Waals surface area (Å²) in [7, 11) is 1.59. The Hall–Kier alpha value is -1.62. The Morgan fingerprint density at radius 3 is 3.14 bits per heavy atom. The Morgan fingerprint density at radius 2 is 2.33 bits per heavy atom. The molecular formula is C16H23N3O2. The Bertz CT molecular complexity index is 492. The monoisotopic (exact) mass is 289 g/mol. The van der Waals surface area contributed by atoms with Gasteiger partial charge in [0.15, 0.2) is 0 Å². The fraction of sp³-hybridized carbons (Fsp3) is 0.625. The number of nitrogens with one attached hydrogen (secondary N) is 2. The maximum atomic E-state index is 12.3. The number of hydrogen-bond acceptors (Lipinski definition) is 4. The first-order valence-electron chi connectivity index (χ1n) is 7.79. The first-order chi connectivity index (χ1) is 10.3. The van der Waals surface area contributed by atoms with E-state index in [1.165, 1.54) is 25.7 Å². The number of aromatic nitrogens is 1. The predicted octanol–water partition coefficient (Wildman–Crippen LogP) is 1.63. The van der Waals surface area contributed by atoms with E-state index in [9.17, 15) is 4.79 Å². The third-order valence-corrected chi connectivity index (χ3v) is 4.68. The van der Waals surface area contributed by atoms with Gasteiger partial charge in [-0.3, -0.25) is 4.79 Å². The van der Waals surface area contributed by atoms with Gasteiger partial charge in [0.1, 0.15) is 0 Å². The molecule has 0 radical (unpaired) electrons. The molecule has 5 heteroatoms. The molecule has 3 unspecified atom stereocenters. The molecule has 0 aromatic carbocycles. The second kappa shape index (κ2) is 6.43. The third kappa shape index (κ3) is 3.18. The second-order valence-corrected chi connectivity index (χ2v) is 6.00.